The molecule has 1 saturated heterocycles. The van der Waals surface area contributed by atoms with Gasteiger partial charge in [-0.25, -0.2) is 14.6 Å². The van der Waals surface area contributed by atoms with Gasteiger partial charge in [0, 0.05) is 38.2 Å². The quantitative estimate of drug-likeness (QED) is 0.363. The fourth-order valence-corrected chi connectivity index (χ4v) is 4.90. The fourth-order valence-electron chi connectivity index (χ4n) is 4.90. The molecule has 1 aliphatic rings. The number of fused-ring (bicyclic) bond motifs is 1. The van der Waals surface area contributed by atoms with Crippen LogP contribution in [-0.2, 0) is 6.42 Å². The number of rotatable bonds is 7. The van der Waals surface area contributed by atoms with Crippen molar-refractivity contribution in [3.05, 3.63) is 71.7 Å². The summed E-state index contributed by atoms with van der Waals surface area (Å²) in [5, 5.41) is 5.85. The van der Waals surface area contributed by atoms with Crippen molar-refractivity contribution in [3.8, 4) is 11.4 Å². The normalized spacial score (nSPS) is 14.1. The van der Waals surface area contributed by atoms with E-state index in [0.717, 1.165) is 66.3 Å². The Morgan fingerprint density at radius 3 is 2.62 bits per heavy atom. The van der Waals surface area contributed by atoms with Gasteiger partial charge in [-0.05, 0) is 50.1 Å². The van der Waals surface area contributed by atoms with Crippen LogP contribution in [-0.4, -0.2) is 63.8 Å². The summed E-state index contributed by atoms with van der Waals surface area (Å²) in [5.74, 6) is 2.49. The first-order chi connectivity index (χ1) is 18.1. The van der Waals surface area contributed by atoms with Crippen LogP contribution in [0.3, 0.4) is 0 Å². The van der Waals surface area contributed by atoms with Crippen molar-refractivity contribution in [2.24, 2.45) is 0 Å². The van der Waals surface area contributed by atoms with Gasteiger partial charge >= 0.3 is 0 Å². The van der Waals surface area contributed by atoms with E-state index in [0.29, 0.717) is 30.9 Å². The molecule has 2 aromatic carbocycles. The highest BCUT2D eigenvalue weighted by molar-refractivity contribution is 5.95. The second-order valence-corrected chi connectivity index (χ2v) is 9.46. The first kappa shape index (κ1) is 24.7. The minimum Gasteiger partial charge on any atom is -0.497 e. The van der Waals surface area contributed by atoms with E-state index in [1.807, 2.05) is 65.0 Å². The first-order valence-electron chi connectivity index (χ1n) is 13.1. The van der Waals surface area contributed by atoms with E-state index in [-0.39, 0.29) is 5.91 Å². The third-order valence-electron chi connectivity index (χ3n) is 6.88. The van der Waals surface area contributed by atoms with Crippen molar-refractivity contribution in [2.75, 3.05) is 38.2 Å². The Morgan fingerprint density at radius 1 is 1.00 bits per heavy atom. The summed E-state index contributed by atoms with van der Waals surface area (Å²) in [6, 6.07) is 17.5. The van der Waals surface area contributed by atoms with Gasteiger partial charge < -0.3 is 14.5 Å². The molecule has 8 nitrogen and oxygen atoms in total. The molecular formula is C29H34N6O2. The molecule has 0 unspecified atom stereocenters. The molecule has 8 heteroatoms. The van der Waals surface area contributed by atoms with Crippen LogP contribution in [0.15, 0.2) is 54.6 Å². The van der Waals surface area contributed by atoms with Gasteiger partial charge in [-0.3, -0.25) is 4.79 Å². The largest absolute Gasteiger partial charge is 0.497 e. The number of carbonyl (C=O) groups excluding carboxylic acids is 1. The topological polar surface area (TPSA) is 76.4 Å². The molecule has 0 aliphatic carbocycles. The van der Waals surface area contributed by atoms with Gasteiger partial charge in [-0.15, -0.1) is 0 Å². The van der Waals surface area contributed by atoms with Crippen molar-refractivity contribution in [2.45, 2.75) is 39.5 Å². The smallest absolute Gasteiger partial charge is 0.254 e. The second-order valence-electron chi connectivity index (χ2n) is 9.46. The summed E-state index contributed by atoms with van der Waals surface area (Å²) in [4.78, 5) is 27.6. The van der Waals surface area contributed by atoms with Crippen molar-refractivity contribution < 1.29 is 9.53 Å². The Labute approximate surface area is 217 Å². The molecule has 0 bridgehead atoms. The highest BCUT2D eigenvalue weighted by atomic mass is 16.5. The molecule has 4 aromatic rings. The van der Waals surface area contributed by atoms with E-state index in [1.165, 1.54) is 0 Å². The van der Waals surface area contributed by atoms with E-state index in [2.05, 4.69) is 11.8 Å². The molecule has 5 rings (SSSR count). The number of unbranched alkanes of at least 4 members (excludes halogenated alkanes) is 1. The van der Waals surface area contributed by atoms with Crippen molar-refractivity contribution >= 4 is 22.8 Å². The number of benzene rings is 2. The van der Waals surface area contributed by atoms with E-state index in [9.17, 15) is 4.79 Å². The molecule has 0 radical (unpaired) electrons. The number of ether oxygens (including phenoxy) is 1. The number of carbonyl (C=O) groups is 1. The Hall–Kier alpha value is -3.94. The summed E-state index contributed by atoms with van der Waals surface area (Å²) in [5.41, 5.74) is 3.38. The van der Waals surface area contributed by atoms with Gasteiger partial charge in [0.25, 0.3) is 5.91 Å². The van der Waals surface area contributed by atoms with Crippen LogP contribution in [0.4, 0.5) is 5.82 Å². The van der Waals surface area contributed by atoms with Gasteiger partial charge in [0.15, 0.2) is 5.65 Å². The number of methoxy groups -OCH3 is 1. The molecule has 3 heterocycles. The van der Waals surface area contributed by atoms with Crippen molar-refractivity contribution in [3.63, 3.8) is 0 Å². The third-order valence-corrected chi connectivity index (χ3v) is 6.88. The highest BCUT2D eigenvalue weighted by Crippen LogP contribution is 2.30. The summed E-state index contributed by atoms with van der Waals surface area (Å²) in [6.07, 6.45) is 3.80. The maximum atomic E-state index is 13.3. The number of anilines is 1. The zero-order chi connectivity index (χ0) is 25.8. The summed E-state index contributed by atoms with van der Waals surface area (Å²) in [6.45, 7) is 7.04. The maximum Gasteiger partial charge on any atom is 0.254 e. The zero-order valence-electron chi connectivity index (χ0n) is 21.9. The molecule has 0 spiro atoms. The fraction of sp³-hybridized carbons (Fsp3) is 0.379. The van der Waals surface area contributed by atoms with Crippen LogP contribution in [0.5, 0.6) is 5.75 Å². The lowest BCUT2D eigenvalue weighted by Gasteiger charge is -2.24. The molecule has 0 atom stereocenters. The molecule has 37 heavy (non-hydrogen) atoms. The van der Waals surface area contributed by atoms with E-state index in [4.69, 9.17) is 19.8 Å². The predicted octanol–water partition coefficient (Wildman–Crippen LogP) is 4.83. The minimum absolute atomic E-state index is 0.0327. The molecule has 1 fully saturated rings. The van der Waals surface area contributed by atoms with Crippen LogP contribution in [0, 0.1) is 6.92 Å². The lowest BCUT2D eigenvalue weighted by molar-refractivity contribution is 0.0766. The average molecular weight is 499 g/mol. The zero-order valence-corrected chi connectivity index (χ0v) is 21.9. The van der Waals surface area contributed by atoms with Crippen molar-refractivity contribution in [1.29, 1.82) is 0 Å². The predicted molar refractivity (Wildman–Crippen MR) is 146 cm³/mol. The van der Waals surface area contributed by atoms with Crippen LogP contribution in [0.25, 0.3) is 16.7 Å². The minimum atomic E-state index is 0.0327. The van der Waals surface area contributed by atoms with E-state index < -0.39 is 0 Å². The summed E-state index contributed by atoms with van der Waals surface area (Å²) in [7, 11) is 1.62. The number of hydrogen-bond acceptors (Lipinski definition) is 6. The molecule has 192 valence electrons. The number of para-hydroxylation sites is 1. The lowest BCUT2D eigenvalue weighted by Crippen LogP contribution is -2.35. The number of aryl methyl sites for hydroxylation is 2. The van der Waals surface area contributed by atoms with Crippen LogP contribution in [0.1, 0.15) is 48.1 Å². The van der Waals surface area contributed by atoms with Gasteiger partial charge in [-0.2, -0.15) is 5.10 Å². The second kappa shape index (κ2) is 11.0. The van der Waals surface area contributed by atoms with Gasteiger partial charge in [0.05, 0.1) is 23.9 Å². The Balaban J connectivity index is 1.48. The van der Waals surface area contributed by atoms with Gasteiger partial charge in [0.1, 0.15) is 17.4 Å². The summed E-state index contributed by atoms with van der Waals surface area (Å²) >= 11 is 0. The third kappa shape index (κ3) is 5.14. The Kier molecular flexibility index (Phi) is 7.35. The summed E-state index contributed by atoms with van der Waals surface area (Å²) < 4.78 is 7.25. The molecule has 2 aromatic heterocycles. The van der Waals surface area contributed by atoms with Crippen LogP contribution >= 0.6 is 0 Å². The maximum absolute atomic E-state index is 13.3. The van der Waals surface area contributed by atoms with Gasteiger partial charge in [0.2, 0.25) is 0 Å². The number of aromatic nitrogens is 4. The van der Waals surface area contributed by atoms with Crippen LogP contribution < -0.4 is 9.64 Å². The Morgan fingerprint density at radius 2 is 1.84 bits per heavy atom. The Bertz CT molecular complexity index is 1380. The highest BCUT2D eigenvalue weighted by Gasteiger charge is 2.25. The molecule has 1 amide bonds. The average Bonchev–Trinajstić information content (AvgIpc) is 3.10. The number of amides is 1. The molecule has 0 N–H and O–H groups in total. The van der Waals surface area contributed by atoms with Crippen molar-refractivity contribution in [1.82, 2.24) is 24.6 Å². The van der Waals surface area contributed by atoms with E-state index in [1.54, 1.807) is 13.2 Å². The first-order valence-corrected chi connectivity index (χ1v) is 13.1. The molecular weight excluding hydrogens is 464 g/mol. The van der Waals surface area contributed by atoms with Gasteiger partial charge in [-0.1, -0.05) is 37.6 Å². The number of hydrogen-bond donors (Lipinski definition) is 0. The standard InChI is InChI=1S/C29H34N6O2/c1-4-5-15-25-30-27(26-21(2)32-35(28(26)31-25)23-12-7-6-8-13-23)33-16-10-17-34(19-18-33)29(36)22-11-9-14-24(20-22)37-3/h6-9,11-14,20H,4-5,10,15-19H2,1-3H3. The molecule has 1 aliphatic heterocycles. The lowest BCUT2D eigenvalue weighted by atomic mass is 10.2. The van der Waals surface area contributed by atoms with Crippen LogP contribution in [0.2, 0.25) is 0 Å². The SMILES string of the molecule is CCCCc1nc(N2CCCN(C(=O)c3cccc(OC)c3)CC2)c2c(C)nn(-c3ccccc3)c2n1. The molecule has 0 saturated carbocycles. The van der Waals surface area contributed by atoms with E-state index >= 15 is 0 Å². The monoisotopic (exact) mass is 498 g/mol. The number of nitrogens with zero attached hydrogens (tertiary/aromatic N) is 6.